The molecular weight excluding hydrogens is 210 g/mol. The van der Waals surface area contributed by atoms with Gasteiger partial charge >= 0.3 is 0 Å². The average molecular weight is 231 g/mol. The fourth-order valence-corrected chi connectivity index (χ4v) is 1.59. The Morgan fingerprint density at radius 1 is 1.24 bits per heavy atom. The van der Waals surface area contributed by atoms with Crippen molar-refractivity contribution in [3.63, 3.8) is 0 Å². The number of rotatable bonds is 2. The van der Waals surface area contributed by atoms with Crippen molar-refractivity contribution in [1.82, 2.24) is 4.98 Å². The maximum atomic E-state index is 10.0. The summed E-state index contributed by atoms with van der Waals surface area (Å²) >= 11 is 0. The highest BCUT2D eigenvalue weighted by molar-refractivity contribution is 5.24. The first-order valence-electron chi connectivity index (χ1n) is 5.91. The van der Waals surface area contributed by atoms with Gasteiger partial charge in [0, 0.05) is 23.2 Å². The van der Waals surface area contributed by atoms with Crippen LogP contribution in [-0.4, -0.2) is 10.1 Å². The van der Waals surface area contributed by atoms with Crippen LogP contribution in [0.15, 0.2) is 12.1 Å². The molecule has 0 saturated heterocycles. The van der Waals surface area contributed by atoms with Crippen LogP contribution in [0.5, 0.6) is 0 Å². The minimum atomic E-state index is -0.523. The molecule has 1 rings (SSSR count). The lowest BCUT2D eigenvalue weighted by molar-refractivity contribution is 0.183. The van der Waals surface area contributed by atoms with Crippen LogP contribution in [0.25, 0.3) is 0 Å². The number of hydrogen-bond acceptors (Lipinski definition) is 2. The van der Waals surface area contributed by atoms with E-state index in [1.807, 2.05) is 26.0 Å². The molecule has 2 nitrogen and oxygen atoms in total. The Kier molecular flexibility index (Phi) is 4.31. The van der Waals surface area contributed by atoms with E-state index >= 15 is 0 Å². The first-order chi connectivity index (χ1) is 7.78. The number of aliphatic hydroxyl groups is 1. The second kappa shape index (κ2) is 5.33. The molecule has 92 valence electrons. The van der Waals surface area contributed by atoms with Crippen LogP contribution in [0, 0.1) is 31.1 Å². The minimum Gasteiger partial charge on any atom is -0.387 e. The number of aliphatic hydroxyl groups excluding tert-OH is 1. The Hall–Kier alpha value is -1.33. The third-order valence-corrected chi connectivity index (χ3v) is 2.25. The molecule has 0 spiro atoms. The van der Waals surface area contributed by atoms with E-state index in [2.05, 4.69) is 37.6 Å². The van der Waals surface area contributed by atoms with Crippen LogP contribution in [0.2, 0.25) is 0 Å². The average Bonchev–Trinajstić information content (AvgIpc) is 2.13. The predicted octanol–water partition coefficient (Wildman–Crippen LogP) is 3.17. The normalized spacial score (nSPS) is 12.8. The van der Waals surface area contributed by atoms with Crippen LogP contribution in [0.3, 0.4) is 0 Å². The van der Waals surface area contributed by atoms with Gasteiger partial charge in [0.25, 0.3) is 0 Å². The highest BCUT2D eigenvalue weighted by Gasteiger charge is 2.08. The van der Waals surface area contributed by atoms with Gasteiger partial charge < -0.3 is 5.11 Å². The van der Waals surface area contributed by atoms with E-state index in [0.29, 0.717) is 6.42 Å². The maximum absolute atomic E-state index is 10.0. The first-order valence-corrected chi connectivity index (χ1v) is 5.91. The lowest BCUT2D eigenvalue weighted by Gasteiger charge is -2.10. The van der Waals surface area contributed by atoms with E-state index < -0.39 is 6.10 Å². The summed E-state index contributed by atoms with van der Waals surface area (Å²) < 4.78 is 0. The molecule has 0 radical (unpaired) electrons. The molecule has 2 heteroatoms. The second-order valence-electron chi connectivity index (χ2n) is 5.45. The second-order valence-corrected chi connectivity index (χ2v) is 5.45. The van der Waals surface area contributed by atoms with Crippen LogP contribution in [0.1, 0.15) is 50.2 Å². The van der Waals surface area contributed by atoms with Crippen molar-refractivity contribution in [1.29, 1.82) is 0 Å². The van der Waals surface area contributed by atoms with Crippen LogP contribution < -0.4 is 0 Å². The summed E-state index contributed by atoms with van der Waals surface area (Å²) in [5.74, 6) is 6.17. The van der Waals surface area contributed by atoms with Crippen molar-refractivity contribution in [3.05, 3.63) is 29.1 Å². The lowest BCUT2D eigenvalue weighted by atomic mass is 9.97. The molecule has 0 saturated carbocycles. The van der Waals surface area contributed by atoms with Crippen molar-refractivity contribution in [2.24, 2.45) is 5.41 Å². The largest absolute Gasteiger partial charge is 0.387 e. The summed E-state index contributed by atoms with van der Waals surface area (Å²) in [6.45, 7) is 10.1. The molecule has 1 unspecified atom stereocenters. The number of aryl methyl sites for hydroxylation is 2. The summed E-state index contributed by atoms with van der Waals surface area (Å²) in [5.41, 5.74) is 2.76. The van der Waals surface area contributed by atoms with Gasteiger partial charge in [-0.05, 0) is 52.3 Å². The van der Waals surface area contributed by atoms with E-state index in [-0.39, 0.29) is 5.41 Å². The molecule has 0 aliphatic rings. The molecule has 1 aromatic heterocycles. The Labute approximate surface area is 104 Å². The zero-order chi connectivity index (χ0) is 13.1. The molecule has 0 aromatic carbocycles. The maximum Gasteiger partial charge on any atom is 0.0900 e. The van der Waals surface area contributed by atoms with Crippen molar-refractivity contribution < 1.29 is 5.11 Å². The smallest absolute Gasteiger partial charge is 0.0900 e. The van der Waals surface area contributed by atoms with Gasteiger partial charge in [-0.3, -0.25) is 4.98 Å². The van der Waals surface area contributed by atoms with Gasteiger partial charge in [-0.25, -0.2) is 0 Å². The molecule has 1 atom stereocenters. The molecule has 0 fully saturated rings. The van der Waals surface area contributed by atoms with Gasteiger partial charge in [0.1, 0.15) is 0 Å². The SMILES string of the molecule is Cc1cc(C(O)CC#CC(C)(C)C)cc(C)n1. The van der Waals surface area contributed by atoms with Crippen molar-refractivity contribution >= 4 is 0 Å². The highest BCUT2D eigenvalue weighted by atomic mass is 16.3. The lowest BCUT2D eigenvalue weighted by Crippen LogP contribution is -2.02. The van der Waals surface area contributed by atoms with Gasteiger partial charge in [0.05, 0.1) is 6.10 Å². The highest BCUT2D eigenvalue weighted by Crippen LogP contribution is 2.18. The van der Waals surface area contributed by atoms with Crippen LogP contribution in [-0.2, 0) is 0 Å². The fraction of sp³-hybridized carbons (Fsp3) is 0.533. The van der Waals surface area contributed by atoms with Crippen LogP contribution in [0.4, 0.5) is 0 Å². The Morgan fingerprint density at radius 2 is 1.76 bits per heavy atom. The number of aromatic nitrogens is 1. The van der Waals surface area contributed by atoms with E-state index in [0.717, 1.165) is 17.0 Å². The number of pyridine rings is 1. The molecule has 0 amide bonds. The summed E-state index contributed by atoms with van der Waals surface area (Å²) in [6, 6.07) is 3.83. The molecule has 1 aromatic rings. The van der Waals surface area contributed by atoms with E-state index in [9.17, 15) is 5.11 Å². The monoisotopic (exact) mass is 231 g/mol. The summed E-state index contributed by atoms with van der Waals surface area (Å²) in [6.07, 6.45) is -0.0505. The minimum absolute atomic E-state index is 0.0101. The van der Waals surface area contributed by atoms with E-state index in [1.165, 1.54) is 0 Å². The van der Waals surface area contributed by atoms with Crippen LogP contribution >= 0.6 is 0 Å². The molecule has 0 aliphatic heterocycles. The van der Waals surface area contributed by atoms with E-state index in [4.69, 9.17) is 0 Å². The quantitative estimate of drug-likeness (QED) is 0.793. The van der Waals surface area contributed by atoms with Gasteiger partial charge in [-0.1, -0.05) is 11.8 Å². The van der Waals surface area contributed by atoms with Gasteiger partial charge in [0.15, 0.2) is 0 Å². The Morgan fingerprint density at radius 3 is 2.24 bits per heavy atom. The molecule has 0 aliphatic carbocycles. The molecule has 0 bridgehead atoms. The molecular formula is C15H21NO. The number of hydrogen-bond donors (Lipinski definition) is 1. The Balaban J connectivity index is 2.76. The van der Waals surface area contributed by atoms with E-state index in [1.54, 1.807) is 0 Å². The molecule has 1 heterocycles. The predicted molar refractivity (Wildman–Crippen MR) is 70.5 cm³/mol. The standard InChI is InChI=1S/C15H21NO/c1-11-9-13(10-12(2)16-11)14(17)7-6-8-15(3,4)5/h9-10,14,17H,7H2,1-5H3. The summed E-state index contributed by atoms with van der Waals surface area (Å²) in [5, 5.41) is 10.0. The summed E-state index contributed by atoms with van der Waals surface area (Å²) in [7, 11) is 0. The fourth-order valence-electron chi connectivity index (χ4n) is 1.59. The summed E-state index contributed by atoms with van der Waals surface area (Å²) in [4.78, 5) is 4.29. The first kappa shape index (κ1) is 13.7. The zero-order valence-electron chi connectivity index (χ0n) is 11.3. The molecule has 17 heavy (non-hydrogen) atoms. The van der Waals surface area contributed by atoms with Crippen molar-refractivity contribution in [3.8, 4) is 11.8 Å². The van der Waals surface area contributed by atoms with Gasteiger partial charge in [-0.15, -0.1) is 0 Å². The third-order valence-electron chi connectivity index (χ3n) is 2.25. The third kappa shape index (κ3) is 5.01. The number of nitrogens with zero attached hydrogens (tertiary/aromatic N) is 1. The van der Waals surface area contributed by atoms with Gasteiger partial charge in [0.2, 0.25) is 0 Å². The van der Waals surface area contributed by atoms with Crippen molar-refractivity contribution in [2.45, 2.75) is 47.1 Å². The Bertz CT molecular complexity index is 426. The zero-order valence-corrected chi connectivity index (χ0v) is 11.3. The van der Waals surface area contributed by atoms with Crippen molar-refractivity contribution in [2.75, 3.05) is 0 Å². The topological polar surface area (TPSA) is 33.1 Å². The van der Waals surface area contributed by atoms with Gasteiger partial charge in [-0.2, -0.15) is 0 Å². The molecule has 1 N–H and O–H groups in total.